The topological polar surface area (TPSA) is 15.3 Å². The van der Waals surface area contributed by atoms with E-state index < -0.39 is 0 Å². The molecule has 1 heterocycles. The molecule has 4 atom stereocenters. The first-order valence-electron chi connectivity index (χ1n) is 9.17. The van der Waals surface area contributed by atoms with E-state index in [2.05, 4.69) is 31.0 Å². The fourth-order valence-electron chi connectivity index (χ4n) is 4.77. The second kappa shape index (κ2) is 5.96. The second-order valence-corrected chi connectivity index (χ2v) is 7.90. The van der Waals surface area contributed by atoms with Gasteiger partial charge in [-0.25, -0.2) is 0 Å². The van der Waals surface area contributed by atoms with Crippen molar-refractivity contribution in [3.05, 3.63) is 0 Å². The van der Waals surface area contributed by atoms with Gasteiger partial charge in [-0.2, -0.15) is 0 Å². The molecule has 0 spiro atoms. The molecule has 2 heteroatoms. The van der Waals surface area contributed by atoms with E-state index >= 15 is 0 Å². The van der Waals surface area contributed by atoms with Crippen molar-refractivity contribution in [3.8, 4) is 0 Å². The molecule has 3 rings (SSSR count). The minimum Gasteiger partial charge on any atom is -0.308 e. The summed E-state index contributed by atoms with van der Waals surface area (Å²) in [6.45, 7) is 9.77. The van der Waals surface area contributed by atoms with Crippen LogP contribution in [-0.2, 0) is 0 Å². The number of nitrogens with one attached hydrogen (secondary N) is 1. The normalized spacial score (nSPS) is 43.6. The third kappa shape index (κ3) is 2.92. The van der Waals surface area contributed by atoms with Crippen molar-refractivity contribution in [1.29, 1.82) is 0 Å². The van der Waals surface area contributed by atoms with Gasteiger partial charge >= 0.3 is 0 Å². The van der Waals surface area contributed by atoms with Gasteiger partial charge in [0.25, 0.3) is 0 Å². The number of hydrogen-bond donors (Lipinski definition) is 1. The number of piperazine rings is 1. The zero-order chi connectivity index (χ0) is 14.2. The van der Waals surface area contributed by atoms with E-state index in [1.807, 2.05) is 0 Å². The van der Waals surface area contributed by atoms with Crippen LogP contribution in [0, 0.1) is 11.8 Å². The van der Waals surface area contributed by atoms with Crippen LogP contribution in [0.15, 0.2) is 0 Å². The molecule has 0 aromatic heterocycles. The first-order valence-corrected chi connectivity index (χ1v) is 9.17. The number of rotatable bonds is 4. The highest BCUT2D eigenvalue weighted by Gasteiger charge is 2.47. The second-order valence-electron chi connectivity index (χ2n) is 7.90. The Morgan fingerprint density at radius 2 is 1.90 bits per heavy atom. The molecule has 2 nitrogen and oxygen atoms in total. The molecular formula is C18H34N2. The molecule has 116 valence electrons. The van der Waals surface area contributed by atoms with Gasteiger partial charge in [-0.1, -0.05) is 33.1 Å². The summed E-state index contributed by atoms with van der Waals surface area (Å²) in [6, 6.07) is 1.65. The third-order valence-electron chi connectivity index (χ3n) is 6.47. The van der Waals surface area contributed by atoms with E-state index in [0.717, 1.165) is 23.9 Å². The van der Waals surface area contributed by atoms with Crippen molar-refractivity contribution in [2.24, 2.45) is 11.8 Å². The molecule has 0 bridgehead atoms. The van der Waals surface area contributed by atoms with Gasteiger partial charge in [0.05, 0.1) is 0 Å². The van der Waals surface area contributed by atoms with Crippen molar-refractivity contribution < 1.29 is 0 Å². The molecule has 20 heavy (non-hydrogen) atoms. The molecule has 2 aliphatic carbocycles. The highest BCUT2D eigenvalue weighted by Crippen LogP contribution is 2.43. The quantitative estimate of drug-likeness (QED) is 0.841. The zero-order valence-corrected chi connectivity index (χ0v) is 13.8. The number of nitrogens with zero attached hydrogens (tertiary/aromatic N) is 1. The Kier molecular flexibility index (Phi) is 4.42. The van der Waals surface area contributed by atoms with E-state index in [0.29, 0.717) is 5.54 Å². The van der Waals surface area contributed by atoms with Crippen molar-refractivity contribution in [2.45, 2.75) is 89.8 Å². The maximum atomic E-state index is 3.91. The standard InChI is InChI=1S/C18H34N2/c1-4-14-7-6-8-17(11-14)20-13-18(3,15-9-10-15)19-12-16(20)5-2/h14-17,19H,4-13H2,1-3H3. The summed E-state index contributed by atoms with van der Waals surface area (Å²) in [6.07, 6.45) is 11.5. The first kappa shape index (κ1) is 14.8. The highest BCUT2D eigenvalue weighted by molar-refractivity contribution is 5.05. The molecule has 0 amide bonds. The van der Waals surface area contributed by atoms with Gasteiger partial charge in [0, 0.05) is 30.7 Å². The highest BCUT2D eigenvalue weighted by atomic mass is 15.3. The Morgan fingerprint density at radius 1 is 1.10 bits per heavy atom. The van der Waals surface area contributed by atoms with Crippen LogP contribution in [0.3, 0.4) is 0 Å². The van der Waals surface area contributed by atoms with Crippen molar-refractivity contribution in [2.75, 3.05) is 13.1 Å². The van der Waals surface area contributed by atoms with Crippen LogP contribution < -0.4 is 5.32 Å². The van der Waals surface area contributed by atoms with Crippen molar-refractivity contribution in [1.82, 2.24) is 10.2 Å². The molecule has 1 aliphatic heterocycles. The Bertz CT molecular complexity index is 325. The lowest BCUT2D eigenvalue weighted by molar-refractivity contribution is 0.0139. The van der Waals surface area contributed by atoms with Crippen LogP contribution in [0.4, 0.5) is 0 Å². The molecule has 2 saturated carbocycles. The van der Waals surface area contributed by atoms with E-state index in [4.69, 9.17) is 0 Å². The predicted molar refractivity (Wildman–Crippen MR) is 86.0 cm³/mol. The summed E-state index contributed by atoms with van der Waals surface area (Å²) < 4.78 is 0. The maximum absolute atomic E-state index is 3.91. The van der Waals surface area contributed by atoms with Gasteiger partial charge < -0.3 is 5.32 Å². The van der Waals surface area contributed by atoms with Crippen LogP contribution in [-0.4, -0.2) is 35.6 Å². The molecule has 4 unspecified atom stereocenters. The third-order valence-corrected chi connectivity index (χ3v) is 6.47. The van der Waals surface area contributed by atoms with Crippen LogP contribution in [0.25, 0.3) is 0 Å². The van der Waals surface area contributed by atoms with Gasteiger partial charge in [0.1, 0.15) is 0 Å². The van der Waals surface area contributed by atoms with Gasteiger partial charge in [0.2, 0.25) is 0 Å². The lowest BCUT2D eigenvalue weighted by Crippen LogP contribution is -2.66. The Morgan fingerprint density at radius 3 is 2.55 bits per heavy atom. The molecule has 0 radical (unpaired) electrons. The first-order chi connectivity index (χ1) is 9.66. The average Bonchev–Trinajstić information content (AvgIpc) is 3.32. The molecule has 0 aromatic rings. The number of hydrogen-bond acceptors (Lipinski definition) is 2. The van der Waals surface area contributed by atoms with E-state index in [9.17, 15) is 0 Å². The SMILES string of the molecule is CCC1CCCC(N2CC(C)(C3CC3)NCC2CC)C1. The van der Waals surface area contributed by atoms with E-state index in [-0.39, 0.29) is 0 Å². The van der Waals surface area contributed by atoms with Crippen LogP contribution in [0.1, 0.15) is 72.1 Å². The lowest BCUT2D eigenvalue weighted by atomic mass is 9.81. The summed E-state index contributed by atoms with van der Waals surface area (Å²) in [4.78, 5) is 2.93. The molecule has 1 N–H and O–H groups in total. The van der Waals surface area contributed by atoms with Crippen LogP contribution in [0.5, 0.6) is 0 Å². The van der Waals surface area contributed by atoms with Gasteiger partial charge in [-0.05, 0) is 50.9 Å². The molecule has 3 aliphatic rings. The smallest absolute Gasteiger partial charge is 0.0309 e. The fraction of sp³-hybridized carbons (Fsp3) is 1.00. The summed E-state index contributed by atoms with van der Waals surface area (Å²) in [5.74, 6) is 1.95. The van der Waals surface area contributed by atoms with Crippen LogP contribution in [0.2, 0.25) is 0 Å². The van der Waals surface area contributed by atoms with Crippen molar-refractivity contribution >= 4 is 0 Å². The van der Waals surface area contributed by atoms with Gasteiger partial charge in [0.15, 0.2) is 0 Å². The predicted octanol–water partition coefficient (Wildman–Crippen LogP) is 3.81. The van der Waals surface area contributed by atoms with E-state index in [1.54, 1.807) is 0 Å². The Hall–Kier alpha value is -0.0800. The molecule has 3 fully saturated rings. The largest absolute Gasteiger partial charge is 0.308 e. The fourth-order valence-corrected chi connectivity index (χ4v) is 4.77. The molecule has 0 aromatic carbocycles. The molecule has 1 saturated heterocycles. The van der Waals surface area contributed by atoms with Crippen molar-refractivity contribution in [3.63, 3.8) is 0 Å². The molecular weight excluding hydrogens is 244 g/mol. The maximum Gasteiger partial charge on any atom is 0.0309 e. The summed E-state index contributed by atoms with van der Waals surface area (Å²) in [5, 5.41) is 3.91. The van der Waals surface area contributed by atoms with Crippen LogP contribution >= 0.6 is 0 Å². The minimum absolute atomic E-state index is 0.408. The summed E-state index contributed by atoms with van der Waals surface area (Å²) in [7, 11) is 0. The monoisotopic (exact) mass is 278 g/mol. The summed E-state index contributed by atoms with van der Waals surface area (Å²) >= 11 is 0. The lowest BCUT2D eigenvalue weighted by Gasteiger charge is -2.51. The van der Waals surface area contributed by atoms with Gasteiger partial charge in [-0.3, -0.25) is 4.90 Å². The average molecular weight is 278 g/mol. The van der Waals surface area contributed by atoms with Gasteiger partial charge in [-0.15, -0.1) is 0 Å². The minimum atomic E-state index is 0.408. The zero-order valence-electron chi connectivity index (χ0n) is 13.8. The van der Waals surface area contributed by atoms with E-state index in [1.165, 1.54) is 64.5 Å². The summed E-state index contributed by atoms with van der Waals surface area (Å²) in [5.41, 5.74) is 0.408. The Labute approximate surface area is 125 Å². The Balaban J connectivity index is 1.69.